The van der Waals surface area contributed by atoms with E-state index in [0.29, 0.717) is 18.1 Å². The van der Waals surface area contributed by atoms with Crippen LogP contribution in [0.5, 0.6) is 0 Å². The predicted octanol–water partition coefficient (Wildman–Crippen LogP) is 1.68. The highest BCUT2D eigenvalue weighted by Gasteiger charge is 2.18. The predicted molar refractivity (Wildman–Crippen MR) is 78.3 cm³/mol. The van der Waals surface area contributed by atoms with Gasteiger partial charge in [0.2, 0.25) is 10.0 Å². The molecule has 21 heavy (non-hydrogen) atoms. The molecule has 0 atom stereocenters. The van der Waals surface area contributed by atoms with Gasteiger partial charge in [-0.1, -0.05) is 19.9 Å². The fourth-order valence-corrected chi connectivity index (χ4v) is 2.48. The summed E-state index contributed by atoms with van der Waals surface area (Å²) in [6.45, 7) is 4.43. The number of sulfonamides is 1. The lowest BCUT2D eigenvalue weighted by molar-refractivity contribution is 0.0487. The standard InChI is InChI=1S/C14H21NO5S/c1-10(2)6-7-20-14(16)11-4-5-12(9-19-3)13(8-11)21(15,17)18/h4-5,8,10H,6-7,9H2,1-3H3,(H2,15,17,18). The van der Waals surface area contributed by atoms with Gasteiger partial charge in [-0.3, -0.25) is 0 Å². The van der Waals surface area contributed by atoms with Gasteiger partial charge < -0.3 is 9.47 Å². The van der Waals surface area contributed by atoms with E-state index < -0.39 is 16.0 Å². The highest BCUT2D eigenvalue weighted by atomic mass is 32.2. The van der Waals surface area contributed by atoms with E-state index in [2.05, 4.69) is 0 Å². The number of carbonyl (C=O) groups is 1. The summed E-state index contributed by atoms with van der Waals surface area (Å²) in [5, 5.41) is 5.16. The zero-order chi connectivity index (χ0) is 16.0. The van der Waals surface area contributed by atoms with Crippen molar-refractivity contribution in [2.24, 2.45) is 11.1 Å². The van der Waals surface area contributed by atoms with Crippen molar-refractivity contribution < 1.29 is 22.7 Å². The van der Waals surface area contributed by atoms with Crippen molar-refractivity contribution in [1.82, 2.24) is 0 Å². The zero-order valence-corrected chi connectivity index (χ0v) is 13.3. The first-order chi connectivity index (χ1) is 9.75. The fourth-order valence-electron chi connectivity index (χ4n) is 1.69. The molecule has 0 unspecified atom stereocenters. The Morgan fingerprint density at radius 1 is 1.33 bits per heavy atom. The quantitative estimate of drug-likeness (QED) is 0.772. The third-order valence-electron chi connectivity index (χ3n) is 2.84. The van der Waals surface area contributed by atoms with Crippen LogP contribution >= 0.6 is 0 Å². The Labute approximate surface area is 125 Å². The van der Waals surface area contributed by atoms with Crippen LogP contribution in [0.1, 0.15) is 36.2 Å². The minimum atomic E-state index is -3.93. The Kier molecular flexibility index (Phi) is 6.32. The minimum Gasteiger partial charge on any atom is -0.462 e. The average Bonchev–Trinajstić information content (AvgIpc) is 2.37. The molecule has 0 aliphatic rings. The van der Waals surface area contributed by atoms with Crippen molar-refractivity contribution in [3.63, 3.8) is 0 Å². The topological polar surface area (TPSA) is 95.7 Å². The molecule has 0 amide bonds. The maximum Gasteiger partial charge on any atom is 0.338 e. The summed E-state index contributed by atoms with van der Waals surface area (Å²) in [5.74, 6) is -0.147. The SMILES string of the molecule is COCc1ccc(C(=O)OCCC(C)C)cc1S(N)(=O)=O. The van der Waals surface area contributed by atoms with E-state index >= 15 is 0 Å². The van der Waals surface area contributed by atoms with Crippen molar-refractivity contribution in [2.45, 2.75) is 31.8 Å². The Bertz CT molecular complexity index is 595. The number of methoxy groups -OCH3 is 1. The van der Waals surface area contributed by atoms with Crippen LogP contribution in [0.2, 0.25) is 0 Å². The molecule has 0 fully saturated rings. The molecule has 1 aromatic carbocycles. The van der Waals surface area contributed by atoms with Crippen molar-refractivity contribution >= 4 is 16.0 Å². The first kappa shape index (κ1) is 17.6. The maximum absolute atomic E-state index is 11.9. The number of nitrogens with two attached hydrogens (primary N) is 1. The Morgan fingerprint density at radius 3 is 2.52 bits per heavy atom. The summed E-state index contributed by atoms with van der Waals surface area (Å²) in [4.78, 5) is 11.8. The molecule has 2 N–H and O–H groups in total. The summed E-state index contributed by atoms with van der Waals surface area (Å²) >= 11 is 0. The van der Waals surface area contributed by atoms with E-state index in [1.807, 2.05) is 13.8 Å². The highest BCUT2D eigenvalue weighted by Crippen LogP contribution is 2.18. The molecular formula is C14H21NO5S. The first-order valence-corrected chi connectivity index (χ1v) is 8.12. The molecule has 1 aromatic rings. The third-order valence-corrected chi connectivity index (χ3v) is 3.83. The van der Waals surface area contributed by atoms with Gasteiger partial charge in [-0.25, -0.2) is 18.4 Å². The van der Waals surface area contributed by atoms with Crippen molar-refractivity contribution in [2.75, 3.05) is 13.7 Å². The number of esters is 1. The average molecular weight is 315 g/mol. The van der Waals surface area contributed by atoms with Gasteiger partial charge in [-0.05, 0) is 30.0 Å². The Balaban J connectivity index is 2.97. The summed E-state index contributed by atoms with van der Waals surface area (Å²) in [7, 11) is -2.49. The van der Waals surface area contributed by atoms with E-state index in [0.717, 1.165) is 6.42 Å². The van der Waals surface area contributed by atoms with Gasteiger partial charge in [0, 0.05) is 7.11 Å². The molecule has 0 saturated carbocycles. The molecule has 0 bridgehead atoms. The van der Waals surface area contributed by atoms with Gasteiger partial charge in [-0.15, -0.1) is 0 Å². The van der Waals surface area contributed by atoms with Crippen LogP contribution < -0.4 is 5.14 Å². The number of hydrogen-bond donors (Lipinski definition) is 1. The molecule has 0 aliphatic carbocycles. The van der Waals surface area contributed by atoms with E-state index in [1.165, 1.54) is 25.3 Å². The maximum atomic E-state index is 11.9. The molecule has 0 radical (unpaired) electrons. The van der Waals surface area contributed by atoms with Crippen LogP contribution in [0.3, 0.4) is 0 Å². The number of primary sulfonamides is 1. The van der Waals surface area contributed by atoms with Gasteiger partial charge in [0.1, 0.15) is 0 Å². The molecule has 0 aromatic heterocycles. The monoisotopic (exact) mass is 315 g/mol. The van der Waals surface area contributed by atoms with E-state index in [4.69, 9.17) is 14.6 Å². The minimum absolute atomic E-state index is 0.0917. The smallest absolute Gasteiger partial charge is 0.338 e. The lowest BCUT2D eigenvalue weighted by atomic mass is 10.1. The largest absolute Gasteiger partial charge is 0.462 e. The lowest BCUT2D eigenvalue weighted by Gasteiger charge is -2.10. The summed E-state index contributed by atoms with van der Waals surface area (Å²) in [6.07, 6.45) is 0.746. The van der Waals surface area contributed by atoms with Crippen molar-refractivity contribution in [1.29, 1.82) is 0 Å². The second-order valence-electron chi connectivity index (χ2n) is 5.12. The van der Waals surface area contributed by atoms with Crippen LogP contribution in [-0.4, -0.2) is 28.1 Å². The third kappa shape index (κ3) is 5.45. The number of benzene rings is 1. The van der Waals surface area contributed by atoms with Gasteiger partial charge in [0.25, 0.3) is 0 Å². The summed E-state index contributed by atoms with van der Waals surface area (Å²) in [5.41, 5.74) is 0.557. The van der Waals surface area contributed by atoms with Gasteiger partial charge in [-0.2, -0.15) is 0 Å². The first-order valence-electron chi connectivity index (χ1n) is 6.57. The number of hydrogen-bond acceptors (Lipinski definition) is 5. The molecule has 6 nitrogen and oxygen atoms in total. The lowest BCUT2D eigenvalue weighted by Crippen LogP contribution is -2.16. The number of carbonyl (C=O) groups excluding carboxylic acids is 1. The molecule has 0 heterocycles. The zero-order valence-electron chi connectivity index (χ0n) is 12.5. The fraction of sp³-hybridized carbons (Fsp3) is 0.500. The number of rotatable bonds is 7. The van der Waals surface area contributed by atoms with Crippen molar-refractivity contribution in [3.8, 4) is 0 Å². The molecule has 7 heteroatoms. The van der Waals surface area contributed by atoms with E-state index in [-0.39, 0.29) is 17.1 Å². The Morgan fingerprint density at radius 2 is 2.00 bits per heavy atom. The Hall–Kier alpha value is -1.44. The van der Waals surface area contributed by atoms with Gasteiger partial charge in [0.05, 0.1) is 23.7 Å². The summed E-state index contributed by atoms with van der Waals surface area (Å²) in [6, 6.07) is 4.23. The second-order valence-corrected chi connectivity index (χ2v) is 6.65. The molecule has 0 spiro atoms. The van der Waals surface area contributed by atoms with Gasteiger partial charge >= 0.3 is 5.97 Å². The van der Waals surface area contributed by atoms with Crippen LogP contribution in [0.4, 0.5) is 0 Å². The molecular weight excluding hydrogens is 294 g/mol. The van der Waals surface area contributed by atoms with Crippen LogP contribution in [0.25, 0.3) is 0 Å². The molecule has 1 rings (SSSR count). The highest BCUT2D eigenvalue weighted by molar-refractivity contribution is 7.89. The van der Waals surface area contributed by atoms with E-state index in [1.54, 1.807) is 0 Å². The molecule has 0 saturated heterocycles. The van der Waals surface area contributed by atoms with Crippen LogP contribution in [-0.2, 0) is 26.1 Å². The second kappa shape index (κ2) is 7.53. The van der Waals surface area contributed by atoms with Crippen LogP contribution in [0.15, 0.2) is 23.1 Å². The van der Waals surface area contributed by atoms with Crippen molar-refractivity contribution in [3.05, 3.63) is 29.3 Å². The molecule has 118 valence electrons. The normalized spacial score (nSPS) is 11.7. The van der Waals surface area contributed by atoms with Crippen LogP contribution in [0, 0.1) is 5.92 Å². The van der Waals surface area contributed by atoms with Gasteiger partial charge in [0.15, 0.2) is 0 Å². The van der Waals surface area contributed by atoms with E-state index in [9.17, 15) is 13.2 Å². The number of ether oxygens (including phenoxy) is 2. The molecule has 0 aliphatic heterocycles. The summed E-state index contributed by atoms with van der Waals surface area (Å²) < 4.78 is 33.2.